The number of aryl methyl sites for hydroxylation is 1. The minimum Gasteiger partial charge on any atom is -0.310 e. The number of hydrogen-bond acceptors (Lipinski definition) is 1. The van der Waals surface area contributed by atoms with Crippen LogP contribution in [0.25, 0.3) is 44.5 Å². The summed E-state index contributed by atoms with van der Waals surface area (Å²) >= 11 is 0. The monoisotopic (exact) mass is 890 g/mol. The maximum absolute atomic E-state index is 2.66. The van der Waals surface area contributed by atoms with Crippen molar-refractivity contribution in [2.24, 2.45) is 0 Å². The molecule has 7 aromatic carbocycles. The molecule has 0 aliphatic heterocycles. The van der Waals surface area contributed by atoms with Gasteiger partial charge in [-0.3, -0.25) is 0 Å². The SMILES string of the molecule is CC1(C)c2ccccc2-c2ccc(N(c3ccc(-c4ccc(C5CCCCC5)cc4)cc3)c3cccc(-c4cc(-c5cc(C6CCCCC6)cc(C6CCCCC6)c5)cc5c4CCCC5)c3)cc21. The summed E-state index contributed by atoms with van der Waals surface area (Å²) < 4.78 is 0. The molecule has 0 amide bonds. The normalized spacial score (nSPS) is 18.4. The Morgan fingerprint density at radius 2 is 0.912 bits per heavy atom. The first-order valence-corrected chi connectivity index (χ1v) is 27.1. The predicted octanol–water partition coefficient (Wildman–Crippen LogP) is 19.5. The number of rotatable bonds is 9. The maximum atomic E-state index is 2.66. The van der Waals surface area contributed by atoms with Gasteiger partial charge in [-0.15, -0.1) is 0 Å². The van der Waals surface area contributed by atoms with Crippen molar-refractivity contribution in [3.05, 3.63) is 185 Å². The largest absolute Gasteiger partial charge is 0.310 e. The van der Waals surface area contributed by atoms with E-state index in [4.69, 9.17) is 0 Å². The zero-order valence-corrected chi connectivity index (χ0v) is 41.0. The van der Waals surface area contributed by atoms with Gasteiger partial charge < -0.3 is 4.90 Å². The van der Waals surface area contributed by atoms with E-state index in [1.54, 1.807) is 22.3 Å². The molecule has 0 spiro atoms. The summed E-state index contributed by atoms with van der Waals surface area (Å²) in [6.07, 6.45) is 25.3. The average molecular weight is 890 g/mol. The van der Waals surface area contributed by atoms with Crippen LogP contribution in [0.1, 0.15) is 180 Å². The molecule has 7 aromatic rings. The third-order valence-electron chi connectivity index (χ3n) is 17.6. The molecule has 0 atom stereocenters. The van der Waals surface area contributed by atoms with Crippen molar-refractivity contribution in [3.8, 4) is 44.5 Å². The van der Waals surface area contributed by atoms with E-state index in [9.17, 15) is 0 Å². The lowest BCUT2D eigenvalue weighted by atomic mass is 9.78. The molecule has 1 heteroatoms. The Hall–Kier alpha value is -5.66. The van der Waals surface area contributed by atoms with Crippen LogP contribution in [0.4, 0.5) is 17.1 Å². The van der Waals surface area contributed by atoms with E-state index < -0.39 is 0 Å². The maximum Gasteiger partial charge on any atom is 0.0467 e. The van der Waals surface area contributed by atoms with Crippen molar-refractivity contribution in [1.29, 1.82) is 0 Å². The van der Waals surface area contributed by atoms with Gasteiger partial charge in [0.2, 0.25) is 0 Å². The van der Waals surface area contributed by atoms with Gasteiger partial charge in [0.15, 0.2) is 0 Å². The van der Waals surface area contributed by atoms with Crippen LogP contribution in [-0.4, -0.2) is 0 Å². The van der Waals surface area contributed by atoms with Crippen LogP contribution < -0.4 is 4.90 Å². The van der Waals surface area contributed by atoms with Crippen molar-refractivity contribution < 1.29 is 0 Å². The van der Waals surface area contributed by atoms with Gasteiger partial charge >= 0.3 is 0 Å². The summed E-state index contributed by atoms with van der Waals surface area (Å²) in [4.78, 5) is 2.53. The van der Waals surface area contributed by atoms with Gasteiger partial charge in [-0.25, -0.2) is 0 Å². The minimum atomic E-state index is -0.0895. The van der Waals surface area contributed by atoms with E-state index in [0.29, 0.717) is 11.8 Å². The van der Waals surface area contributed by atoms with Crippen LogP contribution in [0.5, 0.6) is 0 Å². The quantitative estimate of drug-likeness (QED) is 0.140. The van der Waals surface area contributed by atoms with E-state index in [1.165, 1.54) is 194 Å². The van der Waals surface area contributed by atoms with Crippen molar-refractivity contribution in [2.75, 3.05) is 4.90 Å². The van der Waals surface area contributed by atoms with Gasteiger partial charge in [-0.05, 0) is 208 Å². The molecule has 0 N–H and O–H groups in total. The molecule has 3 fully saturated rings. The summed E-state index contributed by atoms with van der Waals surface area (Å²) in [6, 6.07) is 57.9. The highest BCUT2D eigenvalue weighted by Gasteiger charge is 2.36. The smallest absolute Gasteiger partial charge is 0.0467 e. The van der Waals surface area contributed by atoms with Crippen molar-refractivity contribution in [2.45, 2.75) is 159 Å². The lowest BCUT2D eigenvalue weighted by molar-refractivity contribution is 0.435. The van der Waals surface area contributed by atoms with Crippen LogP contribution in [0.2, 0.25) is 0 Å². The second-order valence-corrected chi connectivity index (χ2v) is 22.2. The number of fused-ring (bicyclic) bond motifs is 4. The van der Waals surface area contributed by atoms with Gasteiger partial charge in [-0.1, -0.05) is 175 Å². The highest BCUT2D eigenvalue weighted by Crippen LogP contribution is 2.51. The molecule has 0 bridgehead atoms. The lowest BCUT2D eigenvalue weighted by Gasteiger charge is -2.29. The summed E-state index contributed by atoms with van der Waals surface area (Å²) in [6.45, 7) is 4.81. The molecule has 12 rings (SSSR count). The predicted molar refractivity (Wildman–Crippen MR) is 289 cm³/mol. The van der Waals surface area contributed by atoms with E-state index in [1.807, 2.05) is 0 Å². The molecule has 0 heterocycles. The second kappa shape index (κ2) is 18.7. The third-order valence-corrected chi connectivity index (χ3v) is 17.6. The Balaban J connectivity index is 0.954. The molecule has 344 valence electrons. The Bertz CT molecular complexity index is 2880. The number of hydrogen-bond donors (Lipinski definition) is 0. The molecule has 5 aliphatic carbocycles. The van der Waals surface area contributed by atoms with Gasteiger partial charge in [-0.2, -0.15) is 0 Å². The van der Waals surface area contributed by atoms with Gasteiger partial charge in [0, 0.05) is 22.5 Å². The van der Waals surface area contributed by atoms with Gasteiger partial charge in [0.05, 0.1) is 0 Å². The second-order valence-electron chi connectivity index (χ2n) is 22.2. The molecule has 0 unspecified atom stereocenters. The molecule has 5 aliphatic rings. The summed E-state index contributed by atoms with van der Waals surface area (Å²) in [5.74, 6) is 2.12. The number of anilines is 3. The summed E-state index contributed by atoms with van der Waals surface area (Å²) in [7, 11) is 0. The van der Waals surface area contributed by atoms with E-state index in [2.05, 4.69) is 164 Å². The van der Waals surface area contributed by atoms with Gasteiger partial charge in [0.25, 0.3) is 0 Å². The summed E-state index contributed by atoms with van der Waals surface area (Å²) in [5, 5.41) is 0. The molecule has 0 aromatic heterocycles. The van der Waals surface area contributed by atoms with Crippen molar-refractivity contribution in [1.82, 2.24) is 0 Å². The lowest BCUT2D eigenvalue weighted by Crippen LogP contribution is -2.16. The molecular formula is C67H71N. The topological polar surface area (TPSA) is 3.24 Å². The highest BCUT2D eigenvalue weighted by atomic mass is 15.1. The van der Waals surface area contributed by atoms with E-state index in [-0.39, 0.29) is 5.41 Å². The summed E-state index contributed by atoms with van der Waals surface area (Å²) in [5.41, 5.74) is 25.1. The highest BCUT2D eigenvalue weighted by molar-refractivity contribution is 5.88. The average Bonchev–Trinajstić information content (AvgIpc) is 3.64. The first-order valence-electron chi connectivity index (χ1n) is 27.1. The van der Waals surface area contributed by atoms with Crippen LogP contribution >= 0.6 is 0 Å². The van der Waals surface area contributed by atoms with Crippen LogP contribution in [0.15, 0.2) is 146 Å². The van der Waals surface area contributed by atoms with E-state index >= 15 is 0 Å². The molecular weight excluding hydrogens is 819 g/mol. The molecule has 3 saturated carbocycles. The third kappa shape index (κ3) is 8.37. The van der Waals surface area contributed by atoms with Crippen molar-refractivity contribution >= 4 is 17.1 Å². The molecule has 68 heavy (non-hydrogen) atoms. The first-order chi connectivity index (χ1) is 33.4. The molecule has 0 saturated heterocycles. The van der Waals surface area contributed by atoms with E-state index in [0.717, 1.165) is 12.3 Å². The minimum absolute atomic E-state index is 0.0895. The number of nitrogens with zero attached hydrogens (tertiary/aromatic N) is 1. The standard InChI is InChI=1S/C67H71N/c1-67(2)65-28-15-14-27-62(65)63-38-37-60(45-66(63)67)68(58-35-33-51(34-36-58)50-31-29-49(30-32-50)46-17-6-3-7-18-46)59-25-16-24-53(43-59)64-44-57(39-52-23-12-13-26-61(52)64)56-41-54(47-19-8-4-9-20-47)40-55(42-56)48-21-10-5-11-22-48/h14-16,24-25,27-48H,3-13,17-23,26H2,1-2H3. The Morgan fingerprint density at radius 3 is 1.59 bits per heavy atom. The zero-order chi connectivity index (χ0) is 45.6. The number of benzene rings is 7. The first kappa shape index (κ1) is 43.6. The van der Waals surface area contributed by atoms with Crippen LogP contribution in [0.3, 0.4) is 0 Å². The van der Waals surface area contributed by atoms with Crippen molar-refractivity contribution in [3.63, 3.8) is 0 Å². The molecule has 0 radical (unpaired) electrons. The van der Waals surface area contributed by atoms with Crippen LogP contribution in [0, 0.1) is 0 Å². The fourth-order valence-electron chi connectivity index (χ4n) is 13.8. The Kier molecular flexibility index (Phi) is 12.0. The van der Waals surface area contributed by atoms with Gasteiger partial charge in [0.1, 0.15) is 0 Å². The fraction of sp³-hybridized carbons (Fsp3) is 0.373. The van der Waals surface area contributed by atoms with Crippen LogP contribution in [-0.2, 0) is 18.3 Å². The molecule has 1 nitrogen and oxygen atoms in total. The zero-order valence-electron chi connectivity index (χ0n) is 41.0. The fourth-order valence-corrected chi connectivity index (χ4v) is 13.8. The Labute approximate surface area is 408 Å². The Morgan fingerprint density at radius 1 is 0.353 bits per heavy atom.